The topological polar surface area (TPSA) is 116 Å². The van der Waals surface area contributed by atoms with E-state index in [1.807, 2.05) is 0 Å². The molecule has 7 nitrogen and oxygen atoms in total. The fourth-order valence-electron chi connectivity index (χ4n) is 1.20. The highest BCUT2D eigenvalue weighted by Crippen LogP contribution is 2.04. The largest absolute Gasteiger partial charge is 0.393 e. The number of hydrogen-bond donors (Lipinski definition) is 4. The number of aromatic nitrogens is 2. The summed E-state index contributed by atoms with van der Waals surface area (Å²) in [4.78, 5) is 24.5. The highest BCUT2D eigenvalue weighted by molar-refractivity contribution is 5.01. The van der Waals surface area contributed by atoms with E-state index in [-0.39, 0.29) is 6.54 Å². The molecular weight excluding hydrogens is 216 g/mol. The quantitative estimate of drug-likeness (QED) is 0.458. The van der Waals surface area contributed by atoms with Gasteiger partial charge in [0.25, 0.3) is 5.56 Å². The molecule has 0 atom stereocenters. The second kappa shape index (κ2) is 4.60. The molecule has 1 aromatic heterocycles. The Hall–Kier alpha value is -1.44. The van der Waals surface area contributed by atoms with Crippen molar-refractivity contribution in [3.63, 3.8) is 0 Å². The molecule has 0 fully saturated rings. The first-order valence-electron chi connectivity index (χ1n) is 4.66. The maximum absolute atomic E-state index is 11.3. The van der Waals surface area contributed by atoms with Crippen molar-refractivity contribution in [2.24, 2.45) is 0 Å². The molecule has 16 heavy (non-hydrogen) atoms. The standard InChI is InChI=1S/C9H14N2O5/c1-6-2-11(8(15)10-7(6)14)3-9(16,4-12)5-13/h2,12-13,16H,3-5H2,1H3,(H,10,14,15). The van der Waals surface area contributed by atoms with E-state index in [0.29, 0.717) is 5.56 Å². The minimum atomic E-state index is -1.78. The van der Waals surface area contributed by atoms with Gasteiger partial charge in [0, 0.05) is 11.8 Å². The molecule has 0 unspecified atom stereocenters. The Bertz CT molecular complexity index is 472. The molecular formula is C9H14N2O5. The molecule has 0 spiro atoms. The first-order chi connectivity index (χ1) is 7.41. The molecule has 0 aliphatic rings. The number of H-pyrrole nitrogens is 1. The highest BCUT2D eigenvalue weighted by Gasteiger charge is 2.26. The van der Waals surface area contributed by atoms with Crippen LogP contribution in [0.2, 0.25) is 0 Å². The third-order valence-electron chi connectivity index (χ3n) is 2.24. The van der Waals surface area contributed by atoms with Gasteiger partial charge in [-0.1, -0.05) is 0 Å². The molecule has 0 saturated carbocycles. The molecule has 1 rings (SSSR count). The molecule has 1 heterocycles. The van der Waals surface area contributed by atoms with E-state index in [1.165, 1.54) is 13.1 Å². The first kappa shape index (κ1) is 12.6. The van der Waals surface area contributed by atoms with Crippen molar-refractivity contribution in [2.75, 3.05) is 13.2 Å². The van der Waals surface area contributed by atoms with Gasteiger partial charge in [-0.3, -0.25) is 14.3 Å². The van der Waals surface area contributed by atoms with Crippen LogP contribution in [0.25, 0.3) is 0 Å². The smallest absolute Gasteiger partial charge is 0.328 e. The molecule has 0 aliphatic heterocycles. The van der Waals surface area contributed by atoms with Crippen molar-refractivity contribution >= 4 is 0 Å². The third-order valence-corrected chi connectivity index (χ3v) is 2.24. The molecule has 1 aromatic rings. The van der Waals surface area contributed by atoms with Crippen molar-refractivity contribution < 1.29 is 15.3 Å². The lowest BCUT2D eigenvalue weighted by atomic mass is 10.1. The van der Waals surface area contributed by atoms with Crippen LogP contribution in [-0.2, 0) is 6.54 Å². The van der Waals surface area contributed by atoms with E-state index in [0.717, 1.165) is 4.57 Å². The van der Waals surface area contributed by atoms with Crippen molar-refractivity contribution in [2.45, 2.75) is 19.1 Å². The van der Waals surface area contributed by atoms with E-state index in [4.69, 9.17) is 10.2 Å². The summed E-state index contributed by atoms with van der Waals surface area (Å²) in [5, 5.41) is 27.3. The maximum atomic E-state index is 11.3. The number of aromatic amines is 1. The predicted molar refractivity (Wildman–Crippen MR) is 55.2 cm³/mol. The lowest BCUT2D eigenvalue weighted by molar-refractivity contribution is -0.0667. The van der Waals surface area contributed by atoms with Gasteiger partial charge in [0.2, 0.25) is 0 Å². The maximum Gasteiger partial charge on any atom is 0.328 e. The summed E-state index contributed by atoms with van der Waals surface area (Å²) in [7, 11) is 0. The van der Waals surface area contributed by atoms with Crippen LogP contribution in [0.1, 0.15) is 5.56 Å². The molecule has 0 bridgehead atoms. The lowest BCUT2D eigenvalue weighted by Gasteiger charge is -2.23. The summed E-state index contributed by atoms with van der Waals surface area (Å²) in [6, 6.07) is 0. The van der Waals surface area contributed by atoms with Crippen LogP contribution in [0.4, 0.5) is 0 Å². The van der Waals surface area contributed by atoms with Gasteiger partial charge >= 0.3 is 5.69 Å². The van der Waals surface area contributed by atoms with E-state index in [1.54, 1.807) is 0 Å². The Morgan fingerprint density at radius 2 is 1.94 bits per heavy atom. The average Bonchev–Trinajstić information content (AvgIpc) is 2.25. The van der Waals surface area contributed by atoms with E-state index in [9.17, 15) is 14.7 Å². The van der Waals surface area contributed by atoms with Crippen LogP contribution in [0.3, 0.4) is 0 Å². The number of rotatable bonds is 4. The van der Waals surface area contributed by atoms with E-state index in [2.05, 4.69) is 4.98 Å². The molecule has 0 amide bonds. The summed E-state index contributed by atoms with van der Waals surface area (Å²) in [6.07, 6.45) is 1.26. The summed E-state index contributed by atoms with van der Waals surface area (Å²) in [5.74, 6) is 0. The number of aliphatic hydroxyl groups excluding tert-OH is 2. The predicted octanol–water partition coefficient (Wildman–Crippen LogP) is -2.44. The fraction of sp³-hybridized carbons (Fsp3) is 0.556. The Morgan fingerprint density at radius 1 is 1.38 bits per heavy atom. The van der Waals surface area contributed by atoms with Crippen molar-refractivity contribution in [1.29, 1.82) is 0 Å². The van der Waals surface area contributed by atoms with Gasteiger partial charge in [-0.25, -0.2) is 4.79 Å². The van der Waals surface area contributed by atoms with Crippen molar-refractivity contribution in [1.82, 2.24) is 9.55 Å². The summed E-state index contributed by atoms with van der Waals surface area (Å²) in [6.45, 7) is -0.162. The second-order valence-electron chi connectivity index (χ2n) is 3.74. The van der Waals surface area contributed by atoms with Crippen molar-refractivity contribution in [3.05, 3.63) is 32.6 Å². The van der Waals surface area contributed by atoms with E-state index >= 15 is 0 Å². The van der Waals surface area contributed by atoms with Gasteiger partial charge in [-0.15, -0.1) is 0 Å². The molecule has 0 saturated heterocycles. The monoisotopic (exact) mass is 230 g/mol. The normalized spacial score (nSPS) is 11.8. The number of aliphatic hydroxyl groups is 3. The first-order valence-corrected chi connectivity index (χ1v) is 4.66. The summed E-state index contributed by atoms with van der Waals surface area (Å²) >= 11 is 0. The lowest BCUT2D eigenvalue weighted by Crippen LogP contribution is -2.45. The summed E-state index contributed by atoms with van der Waals surface area (Å²) in [5.41, 5.74) is -2.68. The van der Waals surface area contributed by atoms with Crippen LogP contribution in [0.5, 0.6) is 0 Å². The minimum absolute atomic E-state index is 0.295. The number of hydrogen-bond acceptors (Lipinski definition) is 5. The zero-order chi connectivity index (χ0) is 12.3. The number of aryl methyl sites for hydroxylation is 1. The van der Waals surface area contributed by atoms with Crippen LogP contribution < -0.4 is 11.2 Å². The third kappa shape index (κ3) is 2.57. The fourth-order valence-corrected chi connectivity index (χ4v) is 1.20. The summed E-state index contributed by atoms with van der Waals surface area (Å²) < 4.78 is 1.03. The molecule has 4 N–H and O–H groups in total. The van der Waals surface area contributed by atoms with Crippen LogP contribution in [0.15, 0.2) is 15.8 Å². The van der Waals surface area contributed by atoms with Crippen LogP contribution >= 0.6 is 0 Å². The Balaban J connectivity index is 3.11. The van der Waals surface area contributed by atoms with Crippen molar-refractivity contribution in [3.8, 4) is 0 Å². The second-order valence-corrected chi connectivity index (χ2v) is 3.74. The molecule has 0 radical (unpaired) electrons. The highest BCUT2D eigenvalue weighted by atomic mass is 16.4. The Morgan fingerprint density at radius 3 is 2.44 bits per heavy atom. The van der Waals surface area contributed by atoms with Gasteiger partial charge in [0.05, 0.1) is 19.8 Å². The number of nitrogens with one attached hydrogen (secondary N) is 1. The van der Waals surface area contributed by atoms with Gasteiger partial charge in [0.1, 0.15) is 5.60 Å². The zero-order valence-electron chi connectivity index (χ0n) is 8.80. The molecule has 90 valence electrons. The van der Waals surface area contributed by atoms with Gasteiger partial charge < -0.3 is 15.3 Å². The SMILES string of the molecule is Cc1cn(CC(O)(CO)CO)c(=O)[nH]c1=O. The zero-order valence-corrected chi connectivity index (χ0v) is 8.80. The molecule has 0 aromatic carbocycles. The van der Waals surface area contributed by atoms with Crippen LogP contribution in [0, 0.1) is 6.92 Å². The van der Waals surface area contributed by atoms with Crippen LogP contribution in [-0.4, -0.2) is 43.7 Å². The Kier molecular flexibility index (Phi) is 3.63. The van der Waals surface area contributed by atoms with Gasteiger partial charge in [-0.05, 0) is 6.92 Å². The molecule has 7 heteroatoms. The van der Waals surface area contributed by atoms with Gasteiger partial charge in [0.15, 0.2) is 0 Å². The van der Waals surface area contributed by atoms with Gasteiger partial charge in [-0.2, -0.15) is 0 Å². The number of nitrogens with zero attached hydrogens (tertiary/aromatic N) is 1. The minimum Gasteiger partial charge on any atom is -0.393 e. The Labute approximate surface area is 90.6 Å². The molecule has 0 aliphatic carbocycles. The van der Waals surface area contributed by atoms with E-state index < -0.39 is 30.1 Å². The average molecular weight is 230 g/mol.